The van der Waals surface area contributed by atoms with Gasteiger partial charge in [-0.1, -0.05) is 54.6 Å². The molecule has 0 bridgehead atoms. The molecule has 0 fully saturated rings. The molecule has 5 heteroatoms. The summed E-state index contributed by atoms with van der Waals surface area (Å²) in [5.41, 5.74) is 3.12. The molecular weight excluding hydrogens is 354 g/mol. The van der Waals surface area contributed by atoms with E-state index in [-0.39, 0.29) is 18.9 Å². The van der Waals surface area contributed by atoms with Gasteiger partial charge in [0.2, 0.25) is 6.41 Å². The quantitative estimate of drug-likeness (QED) is 0.288. The molecule has 0 saturated heterocycles. The number of nitrogens with zero attached hydrogens (tertiary/aromatic N) is 1. The van der Waals surface area contributed by atoms with E-state index < -0.39 is 11.5 Å². The van der Waals surface area contributed by atoms with Crippen LogP contribution >= 0.6 is 0 Å². The normalized spacial score (nSPS) is 14.6. The third-order valence-electron chi connectivity index (χ3n) is 5.46. The number of aliphatic carboxylic acids is 1. The smallest absolute Gasteiger partial charge is 0.331 e. The van der Waals surface area contributed by atoms with Crippen LogP contribution in [0.5, 0.6) is 0 Å². The Labute approximate surface area is 165 Å². The Morgan fingerprint density at radius 3 is 2.25 bits per heavy atom. The zero-order valence-corrected chi connectivity index (χ0v) is 16.0. The number of rotatable bonds is 10. The molecule has 2 aromatic rings. The fourth-order valence-electron chi connectivity index (χ4n) is 3.79. The van der Waals surface area contributed by atoms with Gasteiger partial charge in [-0.15, -0.1) is 6.58 Å². The monoisotopic (exact) mass is 379 g/mol. The van der Waals surface area contributed by atoms with Gasteiger partial charge >= 0.3 is 5.97 Å². The highest BCUT2D eigenvalue weighted by atomic mass is 16.7. The van der Waals surface area contributed by atoms with Crippen LogP contribution in [-0.2, 0) is 14.4 Å². The van der Waals surface area contributed by atoms with Crippen LogP contribution in [0.1, 0.15) is 43.2 Å². The van der Waals surface area contributed by atoms with E-state index in [4.69, 9.17) is 4.84 Å². The zero-order valence-electron chi connectivity index (χ0n) is 16.0. The van der Waals surface area contributed by atoms with E-state index in [0.717, 1.165) is 27.3 Å². The summed E-state index contributed by atoms with van der Waals surface area (Å²) in [6.45, 7) is 5.37. The number of carboxylic acids is 1. The number of unbranched alkanes of at least 4 members (excludes halogenated alkanes) is 1. The zero-order chi connectivity index (χ0) is 20.1. The number of hydroxylamine groups is 2. The molecule has 1 aliphatic carbocycles. The molecule has 0 radical (unpaired) electrons. The fraction of sp³-hybridized carbons (Fsp3) is 0.304. The third-order valence-corrected chi connectivity index (χ3v) is 5.46. The minimum atomic E-state index is -1.43. The molecule has 1 N–H and O–H groups in total. The average molecular weight is 379 g/mol. The molecular formula is C23H25NO4. The number of hydrogen-bond acceptors (Lipinski definition) is 3. The van der Waals surface area contributed by atoms with Crippen LogP contribution in [0.3, 0.4) is 0 Å². The van der Waals surface area contributed by atoms with Crippen molar-refractivity contribution in [2.75, 3.05) is 6.61 Å². The minimum Gasteiger partial charge on any atom is -0.479 e. The summed E-state index contributed by atoms with van der Waals surface area (Å²) in [6, 6.07) is 16.2. The lowest BCUT2D eigenvalue weighted by Gasteiger charge is -2.34. The number of fused-ring (bicyclic) bond motifs is 3. The van der Waals surface area contributed by atoms with E-state index in [0.29, 0.717) is 19.3 Å². The molecule has 0 heterocycles. The number of carbonyl (C=O) groups excluding carboxylic acids is 1. The molecule has 2 aromatic carbocycles. The van der Waals surface area contributed by atoms with Crippen molar-refractivity contribution in [1.29, 1.82) is 0 Å². The second-order valence-electron chi connectivity index (χ2n) is 7.21. The standard InChI is InChI=1S/C23H25NO4/c1-3-4-9-14-23(2,22(26)27)24(16-25)28-15-21-19-12-7-5-10-17(19)18-11-6-8-13-20(18)21/h3,5-8,10-13,16,21H,1,4,9,14-15H2,2H3,(H,26,27)/t23-/m1/s1. The van der Waals surface area contributed by atoms with Crippen LogP contribution in [-0.4, -0.2) is 34.7 Å². The number of amides is 1. The molecule has 3 rings (SSSR count). The van der Waals surface area contributed by atoms with E-state index in [9.17, 15) is 14.7 Å². The van der Waals surface area contributed by atoms with Gasteiger partial charge in [-0.05, 0) is 48.4 Å². The lowest BCUT2D eigenvalue weighted by molar-refractivity contribution is -0.217. The second kappa shape index (κ2) is 8.40. The predicted molar refractivity (Wildman–Crippen MR) is 108 cm³/mol. The molecule has 28 heavy (non-hydrogen) atoms. The van der Waals surface area contributed by atoms with Crippen molar-refractivity contribution in [3.63, 3.8) is 0 Å². The summed E-state index contributed by atoms with van der Waals surface area (Å²) in [6.07, 6.45) is 3.77. The van der Waals surface area contributed by atoms with E-state index >= 15 is 0 Å². The van der Waals surface area contributed by atoms with Crippen molar-refractivity contribution < 1.29 is 19.5 Å². The Morgan fingerprint density at radius 2 is 1.75 bits per heavy atom. The van der Waals surface area contributed by atoms with Crippen LogP contribution in [0.4, 0.5) is 0 Å². The molecule has 0 unspecified atom stereocenters. The van der Waals surface area contributed by atoms with Gasteiger partial charge in [-0.25, -0.2) is 9.86 Å². The molecule has 146 valence electrons. The third kappa shape index (κ3) is 3.58. The molecule has 1 amide bonds. The molecule has 0 aliphatic heterocycles. The van der Waals surface area contributed by atoms with Gasteiger partial charge in [-0.3, -0.25) is 9.63 Å². The molecule has 0 aromatic heterocycles. The number of carbonyl (C=O) groups is 2. The highest BCUT2D eigenvalue weighted by Gasteiger charge is 2.41. The predicted octanol–water partition coefficient (Wildman–Crippen LogP) is 4.39. The first-order valence-corrected chi connectivity index (χ1v) is 9.43. The number of hydrogen-bond donors (Lipinski definition) is 1. The molecule has 0 spiro atoms. The van der Waals surface area contributed by atoms with Gasteiger partial charge in [0.15, 0.2) is 5.54 Å². The molecule has 1 atom stereocenters. The van der Waals surface area contributed by atoms with Gasteiger partial charge in [0.25, 0.3) is 0 Å². The average Bonchev–Trinajstić information content (AvgIpc) is 3.02. The van der Waals surface area contributed by atoms with E-state index in [1.807, 2.05) is 24.3 Å². The van der Waals surface area contributed by atoms with Crippen molar-refractivity contribution in [3.8, 4) is 11.1 Å². The highest BCUT2D eigenvalue weighted by molar-refractivity contribution is 5.80. The minimum absolute atomic E-state index is 0.0546. The largest absolute Gasteiger partial charge is 0.479 e. The van der Waals surface area contributed by atoms with Crippen LogP contribution in [0.2, 0.25) is 0 Å². The number of allylic oxidation sites excluding steroid dienone is 1. The maximum absolute atomic E-state index is 11.9. The van der Waals surface area contributed by atoms with Crippen molar-refractivity contribution in [1.82, 2.24) is 5.06 Å². The number of benzene rings is 2. The molecule has 5 nitrogen and oxygen atoms in total. The topological polar surface area (TPSA) is 66.8 Å². The van der Waals surface area contributed by atoms with Gasteiger partial charge in [0, 0.05) is 5.92 Å². The van der Waals surface area contributed by atoms with Crippen molar-refractivity contribution in [2.24, 2.45) is 0 Å². The molecule has 0 saturated carbocycles. The van der Waals surface area contributed by atoms with Crippen molar-refractivity contribution in [2.45, 2.75) is 37.6 Å². The Kier molecular flexibility index (Phi) is 5.95. The highest BCUT2D eigenvalue weighted by Crippen LogP contribution is 2.44. The summed E-state index contributed by atoms with van der Waals surface area (Å²) >= 11 is 0. The maximum atomic E-state index is 11.9. The Bertz CT molecular complexity index is 833. The van der Waals surface area contributed by atoms with Crippen LogP contribution < -0.4 is 0 Å². The van der Waals surface area contributed by atoms with Gasteiger partial charge < -0.3 is 5.11 Å². The van der Waals surface area contributed by atoms with Gasteiger partial charge in [0.05, 0.1) is 6.61 Å². The summed E-state index contributed by atoms with van der Waals surface area (Å²) in [5, 5.41) is 10.7. The Hall–Kier alpha value is -2.92. The second-order valence-corrected chi connectivity index (χ2v) is 7.21. The summed E-state index contributed by atoms with van der Waals surface area (Å²) in [4.78, 5) is 29.4. The van der Waals surface area contributed by atoms with Crippen molar-refractivity contribution in [3.05, 3.63) is 72.3 Å². The van der Waals surface area contributed by atoms with Crippen molar-refractivity contribution >= 4 is 12.4 Å². The van der Waals surface area contributed by atoms with Gasteiger partial charge in [-0.2, -0.15) is 0 Å². The number of carboxylic acid groups (broad SMARTS) is 1. The van der Waals surface area contributed by atoms with Crippen LogP contribution in [0.15, 0.2) is 61.2 Å². The molecule has 1 aliphatic rings. The van der Waals surface area contributed by atoms with Crippen LogP contribution in [0, 0.1) is 0 Å². The first-order valence-electron chi connectivity index (χ1n) is 9.43. The first kappa shape index (κ1) is 19.8. The van der Waals surface area contributed by atoms with E-state index in [1.54, 1.807) is 6.08 Å². The lowest BCUT2D eigenvalue weighted by atomic mass is 9.94. The summed E-state index contributed by atoms with van der Waals surface area (Å²) in [7, 11) is 0. The maximum Gasteiger partial charge on any atom is 0.331 e. The summed E-state index contributed by atoms with van der Waals surface area (Å²) in [5.74, 6) is -1.14. The SMILES string of the molecule is C=CCCC[C@](C)(C(=O)O)N(C=O)OCC1c2ccccc2-c2ccccc21. The van der Waals surface area contributed by atoms with E-state index in [1.165, 1.54) is 6.92 Å². The first-order chi connectivity index (χ1) is 13.5. The van der Waals surface area contributed by atoms with Crippen LogP contribution in [0.25, 0.3) is 11.1 Å². The lowest BCUT2D eigenvalue weighted by Crippen LogP contribution is -2.52. The Morgan fingerprint density at radius 1 is 1.18 bits per heavy atom. The van der Waals surface area contributed by atoms with Gasteiger partial charge in [0.1, 0.15) is 0 Å². The summed E-state index contributed by atoms with van der Waals surface area (Å²) < 4.78 is 0. The Balaban J connectivity index is 1.82. The fourth-order valence-corrected chi connectivity index (χ4v) is 3.79. The van der Waals surface area contributed by atoms with E-state index in [2.05, 4.69) is 30.8 Å².